The first-order chi connectivity index (χ1) is 17.6. The first kappa shape index (κ1) is 31.8. The van der Waals surface area contributed by atoms with E-state index in [9.17, 15) is 24.3 Å². The van der Waals surface area contributed by atoms with Crippen LogP contribution in [0, 0.1) is 11.3 Å². The second-order valence-electron chi connectivity index (χ2n) is 12.2. The Morgan fingerprint density at radius 1 is 1.13 bits per heavy atom. The zero-order valence-corrected chi connectivity index (χ0v) is 24.6. The lowest BCUT2D eigenvalue weighted by atomic mass is 9.84. The molecule has 2 heterocycles. The van der Waals surface area contributed by atoms with Crippen molar-refractivity contribution in [1.29, 1.82) is 0 Å². The van der Waals surface area contributed by atoms with Crippen LogP contribution < -0.4 is 5.32 Å². The highest BCUT2D eigenvalue weighted by Crippen LogP contribution is 2.26. The Bertz CT molecular complexity index is 912. The van der Waals surface area contributed by atoms with Crippen LogP contribution in [0.4, 0.5) is 0 Å². The molecule has 2 aliphatic rings. The van der Waals surface area contributed by atoms with Crippen LogP contribution in [0.25, 0.3) is 0 Å². The van der Waals surface area contributed by atoms with Crippen molar-refractivity contribution < 1.29 is 29.0 Å². The largest absolute Gasteiger partial charge is 0.467 e. The summed E-state index contributed by atoms with van der Waals surface area (Å²) < 4.78 is 4.82. The first-order valence-electron chi connectivity index (χ1n) is 13.6. The van der Waals surface area contributed by atoms with Gasteiger partial charge in [0.2, 0.25) is 17.7 Å². The molecule has 0 aliphatic carbocycles. The lowest BCUT2D eigenvalue weighted by molar-refractivity contribution is -0.149. The number of esters is 1. The van der Waals surface area contributed by atoms with E-state index < -0.39 is 35.6 Å². The third-order valence-corrected chi connectivity index (χ3v) is 7.72. The van der Waals surface area contributed by atoms with Gasteiger partial charge in [0, 0.05) is 25.6 Å². The number of hydrogen-bond acceptors (Lipinski definition) is 7. The van der Waals surface area contributed by atoms with Gasteiger partial charge in [0.05, 0.1) is 25.3 Å². The maximum absolute atomic E-state index is 13.8. The predicted octanol–water partition coefficient (Wildman–Crippen LogP) is 1.57. The number of aliphatic hydroxyl groups is 1. The zero-order chi connectivity index (χ0) is 28.9. The summed E-state index contributed by atoms with van der Waals surface area (Å²) in [6.07, 6.45) is 3.86. The van der Waals surface area contributed by atoms with Gasteiger partial charge in [-0.1, -0.05) is 47.1 Å². The smallest absolute Gasteiger partial charge is 0.328 e. The van der Waals surface area contributed by atoms with Crippen LogP contribution in [-0.2, 0) is 23.9 Å². The molecule has 0 unspecified atom stereocenters. The highest BCUT2D eigenvalue weighted by Gasteiger charge is 2.41. The molecule has 2 fully saturated rings. The SMILES string of the molecule is COC(=O)[C@@H]1C[C@@H](O)CN1C(=O)/C(C)=C/[C@H](C(C)C)N(C)C(=O)[C@@H](NC(=O)[C@H]1CCCCN1C)C(C)(C)C. The monoisotopic (exact) mass is 536 g/mol. The molecule has 0 saturated carbocycles. The van der Waals surface area contributed by atoms with Crippen molar-refractivity contribution in [2.75, 3.05) is 34.3 Å². The van der Waals surface area contributed by atoms with Gasteiger partial charge < -0.3 is 25.0 Å². The number of β-amino-alcohol motifs (C(OH)–C–C–N with tert-alkyl or cyclic N) is 1. The molecular weight excluding hydrogens is 488 g/mol. The van der Waals surface area contributed by atoms with Crippen molar-refractivity contribution in [2.45, 2.75) is 97.5 Å². The van der Waals surface area contributed by atoms with E-state index >= 15 is 0 Å². The fraction of sp³-hybridized carbons (Fsp3) is 0.786. The first-order valence-corrected chi connectivity index (χ1v) is 13.6. The Kier molecular flexibility index (Phi) is 10.9. The standard InChI is InChI=1S/C28H48N4O6/c1-17(2)21(14-18(3)25(35)32-16-19(33)15-22(32)27(37)38-9)31(8)26(36)23(28(4,5)6)29-24(34)20-12-10-11-13-30(20)7/h14,17,19-23,33H,10-13,15-16H2,1-9H3,(H,29,34)/b18-14+/t19-,20-,21-,22+,23-/m1/s1. The summed E-state index contributed by atoms with van der Waals surface area (Å²) in [5.74, 6) is -1.36. The lowest BCUT2D eigenvalue weighted by Crippen LogP contribution is -2.59. The van der Waals surface area contributed by atoms with Crippen LogP contribution in [0.3, 0.4) is 0 Å². The number of nitrogens with one attached hydrogen (secondary N) is 1. The molecule has 2 rings (SSSR count). The van der Waals surface area contributed by atoms with Gasteiger partial charge in [0.25, 0.3) is 0 Å². The Morgan fingerprint density at radius 3 is 2.29 bits per heavy atom. The number of ether oxygens (including phenoxy) is 1. The maximum Gasteiger partial charge on any atom is 0.328 e. The van der Waals surface area contributed by atoms with Gasteiger partial charge in [-0.05, 0) is 44.7 Å². The normalized spacial score (nSPS) is 24.7. The van der Waals surface area contributed by atoms with Crippen LogP contribution in [0.5, 0.6) is 0 Å². The molecule has 3 amide bonds. The highest BCUT2D eigenvalue weighted by molar-refractivity contribution is 5.96. The van der Waals surface area contributed by atoms with Crippen molar-refractivity contribution >= 4 is 23.7 Å². The van der Waals surface area contributed by atoms with E-state index in [0.717, 1.165) is 25.8 Å². The summed E-state index contributed by atoms with van der Waals surface area (Å²) in [6, 6.07) is -2.29. The van der Waals surface area contributed by atoms with Gasteiger partial charge in [-0.3, -0.25) is 19.3 Å². The van der Waals surface area contributed by atoms with E-state index in [1.807, 2.05) is 46.6 Å². The maximum atomic E-state index is 13.8. The van der Waals surface area contributed by atoms with E-state index in [0.29, 0.717) is 5.57 Å². The molecule has 0 bridgehead atoms. The minimum absolute atomic E-state index is 0.0342. The molecule has 2 saturated heterocycles. The molecule has 2 N–H and O–H groups in total. The third-order valence-electron chi connectivity index (χ3n) is 7.72. The summed E-state index contributed by atoms with van der Waals surface area (Å²) in [5.41, 5.74) is -0.171. The number of aliphatic hydroxyl groups excluding tert-OH is 1. The van der Waals surface area contributed by atoms with Gasteiger partial charge in [-0.25, -0.2) is 4.79 Å². The third kappa shape index (κ3) is 7.56. The number of hydrogen-bond donors (Lipinski definition) is 2. The molecule has 38 heavy (non-hydrogen) atoms. The highest BCUT2D eigenvalue weighted by atomic mass is 16.5. The fourth-order valence-electron chi connectivity index (χ4n) is 5.35. The van der Waals surface area contributed by atoms with E-state index in [1.165, 1.54) is 12.0 Å². The van der Waals surface area contributed by atoms with Crippen LogP contribution in [-0.4, -0.2) is 108 Å². The van der Waals surface area contributed by atoms with E-state index in [2.05, 4.69) is 5.32 Å². The number of carbonyl (C=O) groups is 4. The Balaban J connectivity index is 2.27. The van der Waals surface area contributed by atoms with Crippen LogP contribution in [0.15, 0.2) is 11.6 Å². The molecule has 0 aromatic heterocycles. The van der Waals surface area contributed by atoms with Gasteiger partial charge in [-0.15, -0.1) is 0 Å². The molecule has 2 aliphatic heterocycles. The molecular formula is C28H48N4O6. The lowest BCUT2D eigenvalue weighted by Gasteiger charge is -2.39. The molecule has 0 aromatic rings. The van der Waals surface area contributed by atoms with Crippen molar-refractivity contribution in [3.63, 3.8) is 0 Å². The summed E-state index contributed by atoms with van der Waals surface area (Å²) in [6.45, 7) is 12.2. The summed E-state index contributed by atoms with van der Waals surface area (Å²) in [4.78, 5) is 57.5. The van der Waals surface area contributed by atoms with Crippen LogP contribution in [0.2, 0.25) is 0 Å². The number of nitrogens with zero attached hydrogens (tertiary/aromatic N) is 3. The van der Waals surface area contributed by atoms with Crippen LogP contribution >= 0.6 is 0 Å². The number of likely N-dealkylation sites (N-methyl/N-ethyl adjacent to an activating group) is 2. The van der Waals surface area contributed by atoms with Gasteiger partial charge in [0.1, 0.15) is 12.1 Å². The number of likely N-dealkylation sites (tertiary alicyclic amines) is 2. The number of rotatable bonds is 8. The van der Waals surface area contributed by atoms with Crippen molar-refractivity contribution in [3.05, 3.63) is 11.6 Å². The van der Waals surface area contributed by atoms with Gasteiger partial charge in [-0.2, -0.15) is 0 Å². The van der Waals surface area contributed by atoms with Crippen molar-refractivity contribution in [2.24, 2.45) is 11.3 Å². The Hall–Kier alpha value is -2.46. The molecule has 5 atom stereocenters. The summed E-state index contributed by atoms with van der Waals surface area (Å²) in [5, 5.41) is 13.1. The predicted molar refractivity (Wildman–Crippen MR) is 145 cm³/mol. The molecule has 10 heteroatoms. The van der Waals surface area contributed by atoms with Gasteiger partial charge >= 0.3 is 5.97 Å². The second-order valence-corrected chi connectivity index (χ2v) is 12.2. The Labute approximate surface area is 227 Å². The molecule has 0 aromatic carbocycles. The Morgan fingerprint density at radius 2 is 1.76 bits per heavy atom. The summed E-state index contributed by atoms with van der Waals surface area (Å²) >= 11 is 0. The second kappa shape index (κ2) is 13.1. The zero-order valence-electron chi connectivity index (χ0n) is 24.6. The van der Waals surface area contributed by atoms with Crippen LogP contribution in [0.1, 0.15) is 67.2 Å². The van der Waals surface area contributed by atoms with Crippen molar-refractivity contribution in [1.82, 2.24) is 20.0 Å². The molecule has 0 radical (unpaired) electrons. The molecule has 10 nitrogen and oxygen atoms in total. The topological polar surface area (TPSA) is 119 Å². The minimum atomic E-state index is -0.846. The average Bonchev–Trinajstić information content (AvgIpc) is 3.24. The van der Waals surface area contributed by atoms with E-state index in [1.54, 1.807) is 24.9 Å². The fourth-order valence-corrected chi connectivity index (χ4v) is 5.35. The average molecular weight is 537 g/mol. The van der Waals surface area contributed by atoms with E-state index in [4.69, 9.17) is 4.74 Å². The number of carbonyl (C=O) groups excluding carboxylic acids is 4. The van der Waals surface area contributed by atoms with Crippen molar-refractivity contribution in [3.8, 4) is 0 Å². The number of piperidine rings is 1. The number of amides is 3. The van der Waals surface area contributed by atoms with Gasteiger partial charge in [0.15, 0.2) is 0 Å². The molecule has 216 valence electrons. The van der Waals surface area contributed by atoms with E-state index in [-0.39, 0.29) is 42.6 Å². The summed E-state index contributed by atoms with van der Waals surface area (Å²) in [7, 11) is 4.88. The number of methoxy groups -OCH3 is 1. The quantitative estimate of drug-likeness (QED) is 0.357. The minimum Gasteiger partial charge on any atom is -0.467 e. The molecule has 0 spiro atoms.